The van der Waals surface area contributed by atoms with E-state index in [-0.39, 0.29) is 12.5 Å². The third-order valence-corrected chi connectivity index (χ3v) is 3.50. The maximum Gasteiger partial charge on any atom is 0.238 e. The molecule has 0 spiro atoms. The second-order valence-corrected chi connectivity index (χ2v) is 5.52. The minimum absolute atomic E-state index is 0.0520. The van der Waals surface area contributed by atoms with Gasteiger partial charge in [-0.2, -0.15) is 0 Å². The van der Waals surface area contributed by atoms with Gasteiger partial charge in [0.1, 0.15) is 0 Å². The van der Waals surface area contributed by atoms with E-state index in [0.29, 0.717) is 6.54 Å². The standard InChI is InChI=1S/C13H13ClN2OS/c14-12-7-6-11(18-12)8-15-9-13(17)16-10-4-2-1-3-5-10/h1-7,15H,8-9H2,(H,16,17). The molecule has 0 atom stereocenters. The monoisotopic (exact) mass is 280 g/mol. The number of benzene rings is 1. The highest BCUT2D eigenvalue weighted by Gasteiger charge is 2.02. The summed E-state index contributed by atoms with van der Waals surface area (Å²) in [6.07, 6.45) is 0. The van der Waals surface area contributed by atoms with Crippen LogP contribution in [0, 0.1) is 0 Å². The Kier molecular flexibility index (Phi) is 4.75. The van der Waals surface area contributed by atoms with Gasteiger partial charge in [-0.05, 0) is 24.3 Å². The van der Waals surface area contributed by atoms with E-state index in [1.807, 2.05) is 42.5 Å². The van der Waals surface area contributed by atoms with E-state index in [4.69, 9.17) is 11.6 Å². The summed E-state index contributed by atoms with van der Waals surface area (Å²) in [4.78, 5) is 12.7. The van der Waals surface area contributed by atoms with Crippen LogP contribution in [0.25, 0.3) is 0 Å². The maximum atomic E-state index is 11.6. The molecule has 1 aromatic heterocycles. The van der Waals surface area contributed by atoms with Gasteiger partial charge < -0.3 is 10.6 Å². The Morgan fingerprint density at radius 2 is 1.94 bits per heavy atom. The topological polar surface area (TPSA) is 41.1 Å². The van der Waals surface area contributed by atoms with Gasteiger partial charge in [-0.3, -0.25) is 4.79 Å². The smallest absolute Gasteiger partial charge is 0.238 e. The van der Waals surface area contributed by atoms with E-state index in [9.17, 15) is 4.79 Å². The highest BCUT2D eigenvalue weighted by atomic mass is 35.5. The molecular formula is C13H13ClN2OS. The summed E-state index contributed by atoms with van der Waals surface area (Å²) < 4.78 is 0.764. The fourth-order valence-corrected chi connectivity index (χ4v) is 2.53. The van der Waals surface area contributed by atoms with Crippen molar-refractivity contribution in [2.75, 3.05) is 11.9 Å². The number of hydrogen-bond donors (Lipinski definition) is 2. The Morgan fingerprint density at radius 3 is 2.61 bits per heavy atom. The van der Waals surface area contributed by atoms with Gasteiger partial charge in [-0.1, -0.05) is 29.8 Å². The van der Waals surface area contributed by atoms with Gasteiger partial charge in [0.25, 0.3) is 0 Å². The number of nitrogens with one attached hydrogen (secondary N) is 2. The summed E-state index contributed by atoms with van der Waals surface area (Å²) >= 11 is 7.34. The highest BCUT2D eigenvalue weighted by Crippen LogP contribution is 2.20. The molecule has 1 heterocycles. The number of halogens is 1. The van der Waals surface area contributed by atoms with E-state index in [0.717, 1.165) is 14.9 Å². The molecule has 0 aliphatic carbocycles. The van der Waals surface area contributed by atoms with Crippen LogP contribution >= 0.6 is 22.9 Å². The zero-order chi connectivity index (χ0) is 12.8. The molecule has 94 valence electrons. The molecule has 0 saturated heterocycles. The van der Waals surface area contributed by atoms with Gasteiger partial charge in [0.15, 0.2) is 0 Å². The van der Waals surface area contributed by atoms with Crippen LogP contribution in [0.5, 0.6) is 0 Å². The van der Waals surface area contributed by atoms with Crippen LogP contribution in [0.4, 0.5) is 5.69 Å². The molecule has 3 nitrogen and oxygen atoms in total. The molecule has 0 saturated carbocycles. The molecule has 0 fully saturated rings. The van der Waals surface area contributed by atoms with Gasteiger partial charge in [-0.15, -0.1) is 11.3 Å². The summed E-state index contributed by atoms with van der Waals surface area (Å²) in [5, 5.41) is 5.88. The number of thiophene rings is 1. The molecule has 2 N–H and O–H groups in total. The van der Waals surface area contributed by atoms with Crippen LogP contribution in [0.3, 0.4) is 0 Å². The molecule has 18 heavy (non-hydrogen) atoms. The number of hydrogen-bond acceptors (Lipinski definition) is 3. The Balaban J connectivity index is 1.72. The first-order valence-corrected chi connectivity index (χ1v) is 6.73. The highest BCUT2D eigenvalue weighted by molar-refractivity contribution is 7.16. The molecule has 0 radical (unpaired) electrons. The molecule has 1 aromatic carbocycles. The molecule has 1 amide bonds. The number of rotatable bonds is 5. The van der Waals surface area contributed by atoms with Gasteiger partial charge in [0, 0.05) is 17.1 Å². The zero-order valence-electron chi connectivity index (χ0n) is 9.65. The number of amides is 1. The third kappa shape index (κ3) is 4.14. The summed E-state index contributed by atoms with van der Waals surface area (Å²) in [5.41, 5.74) is 0.809. The minimum Gasteiger partial charge on any atom is -0.325 e. The molecule has 0 unspecified atom stereocenters. The first-order valence-electron chi connectivity index (χ1n) is 5.54. The van der Waals surface area contributed by atoms with Crippen molar-refractivity contribution in [1.82, 2.24) is 5.32 Å². The Hall–Kier alpha value is -1.36. The quantitative estimate of drug-likeness (QED) is 0.883. The first kappa shape index (κ1) is 13.1. The molecular weight excluding hydrogens is 268 g/mol. The van der Waals surface area contributed by atoms with Gasteiger partial charge in [0.2, 0.25) is 5.91 Å². The Bertz CT molecular complexity index is 513. The fourth-order valence-electron chi connectivity index (χ4n) is 1.47. The lowest BCUT2D eigenvalue weighted by Crippen LogP contribution is -2.27. The molecule has 0 aliphatic heterocycles. The third-order valence-electron chi connectivity index (χ3n) is 2.27. The average molecular weight is 281 g/mol. The van der Waals surface area contributed by atoms with Crippen molar-refractivity contribution in [3.8, 4) is 0 Å². The average Bonchev–Trinajstić information content (AvgIpc) is 2.76. The summed E-state index contributed by atoms with van der Waals surface area (Å²) in [6, 6.07) is 13.2. The first-order chi connectivity index (χ1) is 8.74. The second-order valence-electron chi connectivity index (χ2n) is 3.72. The summed E-state index contributed by atoms with van der Waals surface area (Å²) in [7, 11) is 0. The largest absolute Gasteiger partial charge is 0.325 e. The molecule has 2 rings (SSSR count). The molecule has 0 aliphatic rings. The maximum absolute atomic E-state index is 11.6. The SMILES string of the molecule is O=C(CNCc1ccc(Cl)s1)Nc1ccccc1. The number of carbonyl (C=O) groups is 1. The van der Waals surface area contributed by atoms with Crippen LogP contribution in [0.15, 0.2) is 42.5 Å². The van der Waals surface area contributed by atoms with Crippen molar-refractivity contribution in [3.63, 3.8) is 0 Å². The van der Waals surface area contributed by atoms with E-state index in [1.54, 1.807) is 0 Å². The number of para-hydroxylation sites is 1. The lowest BCUT2D eigenvalue weighted by molar-refractivity contribution is -0.115. The predicted molar refractivity (Wildman–Crippen MR) is 76.1 cm³/mol. The van der Waals surface area contributed by atoms with E-state index < -0.39 is 0 Å². The van der Waals surface area contributed by atoms with E-state index >= 15 is 0 Å². The van der Waals surface area contributed by atoms with Gasteiger partial charge >= 0.3 is 0 Å². The summed E-state index contributed by atoms with van der Waals surface area (Å²) in [6.45, 7) is 0.935. The normalized spacial score (nSPS) is 10.3. The van der Waals surface area contributed by atoms with Gasteiger partial charge in [-0.25, -0.2) is 0 Å². The van der Waals surface area contributed by atoms with Crippen molar-refractivity contribution < 1.29 is 4.79 Å². The second kappa shape index (κ2) is 6.54. The van der Waals surface area contributed by atoms with Crippen molar-refractivity contribution in [2.24, 2.45) is 0 Å². The Morgan fingerprint density at radius 1 is 1.17 bits per heavy atom. The van der Waals surface area contributed by atoms with Crippen LogP contribution in [-0.4, -0.2) is 12.5 Å². The Labute approximate surface area is 115 Å². The summed E-state index contributed by atoms with van der Waals surface area (Å²) in [5.74, 6) is -0.0520. The van der Waals surface area contributed by atoms with Gasteiger partial charge in [0.05, 0.1) is 10.9 Å². The van der Waals surface area contributed by atoms with E-state index in [2.05, 4.69) is 10.6 Å². The number of carbonyl (C=O) groups excluding carboxylic acids is 1. The minimum atomic E-state index is -0.0520. The molecule has 2 aromatic rings. The zero-order valence-corrected chi connectivity index (χ0v) is 11.2. The molecule has 5 heteroatoms. The lowest BCUT2D eigenvalue weighted by atomic mass is 10.3. The van der Waals surface area contributed by atoms with Crippen molar-refractivity contribution in [1.29, 1.82) is 0 Å². The van der Waals surface area contributed by atoms with E-state index in [1.165, 1.54) is 11.3 Å². The number of anilines is 1. The lowest BCUT2D eigenvalue weighted by Gasteiger charge is -2.05. The predicted octanol–water partition coefficient (Wildman–Crippen LogP) is 3.13. The molecule has 0 bridgehead atoms. The van der Waals surface area contributed by atoms with Crippen LogP contribution in [0.1, 0.15) is 4.88 Å². The van der Waals surface area contributed by atoms with Crippen molar-refractivity contribution >= 4 is 34.5 Å². The van der Waals surface area contributed by atoms with Crippen LogP contribution < -0.4 is 10.6 Å². The van der Waals surface area contributed by atoms with Crippen LogP contribution in [0.2, 0.25) is 4.34 Å². The van der Waals surface area contributed by atoms with Crippen molar-refractivity contribution in [3.05, 3.63) is 51.7 Å². The van der Waals surface area contributed by atoms with Crippen LogP contribution in [-0.2, 0) is 11.3 Å². The van der Waals surface area contributed by atoms with Crippen molar-refractivity contribution in [2.45, 2.75) is 6.54 Å². The fraction of sp³-hybridized carbons (Fsp3) is 0.154.